The predicted molar refractivity (Wildman–Crippen MR) is 92.9 cm³/mol. The van der Waals surface area contributed by atoms with E-state index in [4.69, 9.17) is 0 Å². The number of fused-ring (bicyclic) bond motifs is 1. The second-order valence-corrected chi connectivity index (χ2v) is 7.00. The largest absolute Gasteiger partial charge is 0.352 e. The van der Waals surface area contributed by atoms with Crippen LogP contribution in [0.25, 0.3) is 5.65 Å². The number of hydrogen-bond donors (Lipinski definition) is 2. The summed E-state index contributed by atoms with van der Waals surface area (Å²) < 4.78 is 28.6. The predicted octanol–water partition coefficient (Wildman–Crippen LogP) is 1.67. The van der Waals surface area contributed by atoms with Crippen LogP contribution in [-0.2, 0) is 10.0 Å². The Kier molecular flexibility index (Phi) is 4.66. The molecule has 3 rings (SSSR count). The summed E-state index contributed by atoms with van der Waals surface area (Å²) >= 11 is 0. The SMILES string of the molecule is CCCNC(=O)c1cnn2ccc(NS(=O)(=O)c3ccccc3)nc12. The molecule has 0 radical (unpaired) electrons. The van der Waals surface area contributed by atoms with E-state index in [0.29, 0.717) is 6.54 Å². The molecule has 0 aliphatic rings. The highest BCUT2D eigenvalue weighted by atomic mass is 32.2. The Labute approximate surface area is 144 Å². The standard InChI is InChI=1S/C16H17N5O3S/c1-2-9-17-16(22)13-11-18-21-10-8-14(19-15(13)21)20-25(23,24)12-6-4-3-5-7-12/h3-8,10-11H,2,9H2,1H3,(H,17,22)(H,19,20). The van der Waals surface area contributed by atoms with Crippen molar-refractivity contribution in [3.8, 4) is 0 Å². The molecule has 0 unspecified atom stereocenters. The van der Waals surface area contributed by atoms with E-state index < -0.39 is 10.0 Å². The molecule has 2 N–H and O–H groups in total. The molecule has 0 saturated heterocycles. The number of nitrogens with zero attached hydrogens (tertiary/aromatic N) is 3. The first-order valence-electron chi connectivity index (χ1n) is 7.71. The van der Waals surface area contributed by atoms with Crippen molar-refractivity contribution in [2.75, 3.05) is 11.3 Å². The summed E-state index contributed by atoms with van der Waals surface area (Å²) in [5.74, 6) is -0.186. The number of hydrogen-bond acceptors (Lipinski definition) is 5. The maximum Gasteiger partial charge on any atom is 0.263 e. The van der Waals surface area contributed by atoms with Gasteiger partial charge in [0.15, 0.2) is 5.65 Å². The third kappa shape index (κ3) is 3.61. The highest BCUT2D eigenvalue weighted by Crippen LogP contribution is 2.16. The minimum atomic E-state index is -3.76. The molecule has 1 amide bonds. The molecule has 0 spiro atoms. The van der Waals surface area contributed by atoms with Gasteiger partial charge in [0.05, 0.1) is 11.1 Å². The Bertz CT molecular complexity index is 999. The molecular weight excluding hydrogens is 342 g/mol. The van der Waals surface area contributed by atoms with Gasteiger partial charge in [-0.15, -0.1) is 0 Å². The summed E-state index contributed by atoms with van der Waals surface area (Å²) in [6, 6.07) is 9.47. The Morgan fingerprint density at radius 3 is 2.68 bits per heavy atom. The fraction of sp³-hybridized carbons (Fsp3) is 0.188. The van der Waals surface area contributed by atoms with Gasteiger partial charge in [-0.3, -0.25) is 9.52 Å². The first kappa shape index (κ1) is 16.9. The van der Waals surface area contributed by atoms with Gasteiger partial charge in [-0.2, -0.15) is 5.10 Å². The normalized spacial score (nSPS) is 11.4. The summed E-state index contributed by atoms with van der Waals surface area (Å²) in [7, 11) is -3.76. The number of benzene rings is 1. The molecule has 0 fully saturated rings. The monoisotopic (exact) mass is 359 g/mol. The molecule has 1 aromatic carbocycles. The quantitative estimate of drug-likeness (QED) is 0.696. The summed E-state index contributed by atoms with van der Waals surface area (Å²) in [5.41, 5.74) is 0.566. The Morgan fingerprint density at radius 1 is 1.20 bits per heavy atom. The Balaban J connectivity index is 1.92. The zero-order valence-corrected chi connectivity index (χ0v) is 14.3. The Hall–Kier alpha value is -2.94. The van der Waals surface area contributed by atoms with Crippen LogP contribution in [0.5, 0.6) is 0 Å². The van der Waals surface area contributed by atoms with Crippen molar-refractivity contribution in [3.05, 3.63) is 54.4 Å². The minimum absolute atomic E-state index is 0.112. The van der Waals surface area contributed by atoms with Crippen molar-refractivity contribution in [3.63, 3.8) is 0 Å². The molecule has 8 nitrogen and oxygen atoms in total. The maximum absolute atomic E-state index is 12.4. The second kappa shape index (κ2) is 6.89. The highest BCUT2D eigenvalue weighted by Gasteiger charge is 2.17. The van der Waals surface area contributed by atoms with Crippen LogP contribution in [0.15, 0.2) is 53.7 Å². The van der Waals surface area contributed by atoms with Crippen molar-refractivity contribution < 1.29 is 13.2 Å². The van der Waals surface area contributed by atoms with Gasteiger partial charge in [0.25, 0.3) is 15.9 Å². The van der Waals surface area contributed by atoms with Crippen LogP contribution in [0.2, 0.25) is 0 Å². The van der Waals surface area contributed by atoms with Gasteiger partial charge >= 0.3 is 0 Å². The van der Waals surface area contributed by atoms with Crippen LogP contribution >= 0.6 is 0 Å². The van der Waals surface area contributed by atoms with Gasteiger partial charge in [-0.1, -0.05) is 25.1 Å². The molecule has 0 aliphatic carbocycles. The highest BCUT2D eigenvalue weighted by molar-refractivity contribution is 7.92. The molecule has 0 aliphatic heterocycles. The molecule has 0 bridgehead atoms. The number of rotatable bonds is 6. The van der Waals surface area contributed by atoms with Crippen molar-refractivity contribution in [1.82, 2.24) is 19.9 Å². The molecule has 0 atom stereocenters. The van der Waals surface area contributed by atoms with E-state index in [9.17, 15) is 13.2 Å². The second-order valence-electron chi connectivity index (χ2n) is 5.31. The number of carbonyl (C=O) groups excluding carboxylic acids is 1. The van der Waals surface area contributed by atoms with E-state index in [-0.39, 0.29) is 27.8 Å². The molecule has 130 valence electrons. The zero-order chi connectivity index (χ0) is 17.9. The summed E-state index contributed by atoms with van der Waals surface area (Å²) in [6.45, 7) is 2.49. The topological polar surface area (TPSA) is 105 Å². The van der Waals surface area contributed by atoms with Crippen molar-refractivity contribution in [1.29, 1.82) is 0 Å². The van der Waals surface area contributed by atoms with Crippen molar-refractivity contribution >= 4 is 27.4 Å². The lowest BCUT2D eigenvalue weighted by Crippen LogP contribution is -2.24. The number of carbonyl (C=O) groups is 1. The van der Waals surface area contributed by atoms with Crippen LogP contribution in [0, 0.1) is 0 Å². The van der Waals surface area contributed by atoms with E-state index in [1.54, 1.807) is 24.4 Å². The molecular formula is C16H17N5O3S. The minimum Gasteiger partial charge on any atom is -0.352 e. The van der Waals surface area contributed by atoms with Crippen LogP contribution < -0.4 is 10.0 Å². The lowest BCUT2D eigenvalue weighted by Gasteiger charge is -2.08. The molecule has 25 heavy (non-hydrogen) atoms. The van der Waals surface area contributed by atoms with E-state index in [1.165, 1.54) is 28.9 Å². The van der Waals surface area contributed by atoms with Crippen LogP contribution in [0.4, 0.5) is 5.82 Å². The molecule has 2 aromatic heterocycles. The third-order valence-electron chi connectivity index (χ3n) is 3.44. The van der Waals surface area contributed by atoms with Gasteiger partial charge < -0.3 is 5.32 Å². The van der Waals surface area contributed by atoms with E-state index in [2.05, 4.69) is 20.1 Å². The lowest BCUT2D eigenvalue weighted by atomic mass is 10.3. The number of nitrogens with one attached hydrogen (secondary N) is 2. The van der Waals surface area contributed by atoms with Gasteiger partial charge in [0.2, 0.25) is 0 Å². The third-order valence-corrected chi connectivity index (χ3v) is 4.81. The molecule has 9 heteroatoms. The molecule has 2 heterocycles. The van der Waals surface area contributed by atoms with Gasteiger partial charge in [-0.25, -0.2) is 17.9 Å². The van der Waals surface area contributed by atoms with Crippen molar-refractivity contribution in [2.45, 2.75) is 18.2 Å². The first-order valence-corrected chi connectivity index (χ1v) is 9.20. The fourth-order valence-corrected chi connectivity index (χ4v) is 3.24. The van der Waals surface area contributed by atoms with Crippen molar-refractivity contribution in [2.24, 2.45) is 0 Å². The van der Waals surface area contributed by atoms with Gasteiger partial charge in [0.1, 0.15) is 11.4 Å². The van der Waals surface area contributed by atoms with E-state index in [1.807, 2.05) is 6.92 Å². The summed E-state index contributed by atoms with van der Waals surface area (Å²) in [4.78, 5) is 16.5. The first-order chi connectivity index (χ1) is 12.0. The lowest BCUT2D eigenvalue weighted by molar-refractivity contribution is 0.0955. The zero-order valence-electron chi connectivity index (χ0n) is 13.5. The van der Waals surface area contributed by atoms with Crippen LogP contribution in [-0.4, -0.2) is 35.5 Å². The summed E-state index contributed by atoms with van der Waals surface area (Å²) in [6.07, 6.45) is 3.76. The van der Waals surface area contributed by atoms with Crippen LogP contribution in [0.3, 0.4) is 0 Å². The number of sulfonamides is 1. The van der Waals surface area contributed by atoms with E-state index >= 15 is 0 Å². The Morgan fingerprint density at radius 2 is 1.96 bits per heavy atom. The number of aromatic nitrogens is 3. The van der Waals surface area contributed by atoms with Crippen LogP contribution in [0.1, 0.15) is 23.7 Å². The number of amides is 1. The average Bonchev–Trinajstić information content (AvgIpc) is 3.03. The van der Waals surface area contributed by atoms with Gasteiger partial charge in [0, 0.05) is 12.7 Å². The smallest absolute Gasteiger partial charge is 0.263 e. The summed E-state index contributed by atoms with van der Waals surface area (Å²) in [5, 5.41) is 6.81. The number of anilines is 1. The maximum atomic E-state index is 12.4. The average molecular weight is 359 g/mol. The van der Waals surface area contributed by atoms with E-state index in [0.717, 1.165) is 6.42 Å². The fourth-order valence-electron chi connectivity index (χ4n) is 2.22. The van der Waals surface area contributed by atoms with Gasteiger partial charge in [-0.05, 0) is 24.6 Å². The molecule has 0 saturated carbocycles. The molecule has 3 aromatic rings.